The van der Waals surface area contributed by atoms with Crippen LogP contribution in [0.1, 0.15) is 18.4 Å². The molecule has 5 rings (SSSR count). The van der Waals surface area contributed by atoms with Crippen molar-refractivity contribution in [3.63, 3.8) is 0 Å². The van der Waals surface area contributed by atoms with Gasteiger partial charge in [0.15, 0.2) is 0 Å². The third-order valence-electron chi connectivity index (χ3n) is 6.52. The van der Waals surface area contributed by atoms with Crippen molar-refractivity contribution in [1.82, 2.24) is 20.3 Å². The molecule has 4 aromatic rings. The predicted molar refractivity (Wildman–Crippen MR) is 134 cm³/mol. The van der Waals surface area contributed by atoms with Gasteiger partial charge in [-0.25, -0.2) is 9.97 Å². The SMILES string of the molecule is COc1ccc(-c2cc(N3CCC[C@H](C(=O)NCCc4c[nH]c5ccccc45)C3)ncn2)cc1. The second-order valence-corrected chi connectivity index (χ2v) is 8.68. The van der Waals surface area contributed by atoms with E-state index in [9.17, 15) is 4.79 Å². The molecule has 34 heavy (non-hydrogen) atoms. The van der Waals surface area contributed by atoms with E-state index in [0.717, 1.165) is 54.1 Å². The number of nitrogens with zero attached hydrogens (tertiary/aromatic N) is 3. The summed E-state index contributed by atoms with van der Waals surface area (Å²) in [6.45, 7) is 2.18. The zero-order valence-electron chi connectivity index (χ0n) is 19.3. The van der Waals surface area contributed by atoms with Gasteiger partial charge in [-0.2, -0.15) is 0 Å². The number of H-pyrrole nitrogens is 1. The van der Waals surface area contributed by atoms with Crippen molar-refractivity contribution in [2.24, 2.45) is 5.92 Å². The molecule has 2 aromatic heterocycles. The predicted octanol–water partition coefficient (Wildman–Crippen LogP) is 4.21. The lowest BCUT2D eigenvalue weighted by Gasteiger charge is -2.33. The van der Waals surface area contributed by atoms with Crippen LogP contribution in [0.4, 0.5) is 5.82 Å². The molecule has 3 heterocycles. The van der Waals surface area contributed by atoms with E-state index in [2.05, 4.69) is 37.3 Å². The number of anilines is 1. The quantitative estimate of drug-likeness (QED) is 0.436. The maximum Gasteiger partial charge on any atom is 0.224 e. The molecule has 7 nitrogen and oxygen atoms in total. The van der Waals surface area contributed by atoms with Gasteiger partial charge in [0, 0.05) is 48.4 Å². The number of amides is 1. The second kappa shape index (κ2) is 9.95. The lowest BCUT2D eigenvalue weighted by molar-refractivity contribution is -0.125. The van der Waals surface area contributed by atoms with Crippen molar-refractivity contribution in [2.45, 2.75) is 19.3 Å². The minimum atomic E-state index is -0.0453. The van der Waals surface area contributed by atoms with E-state index in [4.69, 9.17) is 4.74 Å². The van der Waals surface area contributed by atoms with Gasteiger partial charge in [0.1, 0.15) is 17.9 Å². The Kier molecular flexibility index (Phi) is 6.42. The summed E-state index contributed by atoms with van der Waals surface area (Å²) in [5.41, 5.74) is 4.23. The first kappa shape index (κ1) is 21.9. The molecule has 2 N–H and O–H groups in total. The van der Waals surface area contributed by atoms with Gasteiger partial charge in [-0.15, -0.1) is 0 Å². The number of aromatic nitrogens is 3. The zero-order valence-corrected chi connectivity index (χ0v) is 19.3. The number of hydrogen-bond donors (Lipinski definition) is 2. The van der Waals surface area contributed by atoms with E-state index in [1.54, 1.807) is 13.4 Å². The first-order valence-corrected chi connectivity index (χ1v) is 11.8. The molecule has 0 unspecified atom stereocenters. The van der Waals surface area contributed by atoms with Crippen LogP contribution < -0.4 is 15.0 Å². The van der Waals surface area contributed by atoms with E-state index in [-0.39, 0.29) is 11.8 Å². The number of para-hydroxylation sites is 1. The molecule has 0 radical (unpaired) electrons. The molecule has 2 aromatic carbocycles. The highest BCUT2D eigenvalue weighted by Gasteiger charge is 2.26. The van der Waals surface area contributed by atoms with Crippen molar-refractivity contribution >= 4 is 22.6 Å². The molecule has 1 aliphatic heterocycles. The van der Waals surface area contributed by atoms with Crippen LogP contribution in [0, 0.1) is 5.92 Å². The molecular weight excluding hydrogens is 426 g/mol. The van der Waals surface area contributed by atoms with Gasteiger partial charge in [-0.1, -0.05) is 18.2 Å². The number of aromatic amines is 1. The van der Waals surface area contributed by atoms with E-state index in [1.807, 2.05) is 48.7 Å². The van der Waals surface area contributed by atoms with E-state index in [0.29, 0.717) is 13.1 Å². The van der Waals surface area contributed by atoms with E-state index >= 15 is 0 Å². The van der Waals surface area contributed by atoms with Gasteiger partial charge in [-0.3, -0.25) is 4.79 Å². The summed E-state index contributed by atoms with van der Waals surface area (Å²) in [6, 6.07) is 18.1. The number of ether oxygens (including phenoxy) is 1. The van der Waals surface area contributed by atoms with Gasteiger partial charge in [0.25, 0.3) is 0 Å². The molecule has 1 aliphatic rings. The van der Waals surface area contributed by atoms with Crippen molar-refractivity contribution in [3.8, 4) is 17.0 Å². The molecule has 0 saturated carbocycles. The van der Waals surface area contributed by atoms with Crippen LogP contribution in [0.25, 0.3) is 22.2 Å². The van der Waals surface area contributed by atoms with Crippen LogP contribution in [-0.4, -0.2) is 47.6 Å². The summed E-state index contributed by atoms with van der Waals surface area (Å²) in [5.74, 6) is 1.75. The molecule has 174 valence electrons. The average molecular weight is 456 g/mol. The number of benzene rings is 2. The maximum atomic E-state index is 12.9. The van der Waals surface area contributed by atoms with Crippen molar-refractivity contribution < 1.29 is 9.53 Å². The smallest absolute Gasteiger partial charge is 0.224 e. The number of methoxy groups -OCH3 is 1. The number of piperidine rings is 1. The third-order valence-corrected chi connectivity index (χ3v) is 6.52. The van der Waals surface area contributed by atoms with Crippen LogP contribution >= 0.6 is 0 Å². The molecule has 0 aliphatic carbocycles. The number of nitrogens with one attached hydrogen (secondary N) is 2. The van der Waals surface area contributed by atoms with Crippen LogP contribution in [0.2, 0.25) is 0 Å². The molecule has 1 amide bonds. The first-order valence-electron chi connectivity index (χ1n) is 11.8. The summed E-state index contributed by atoms with van der Waals surface area (Å²) >= 11 is 0. The minimum Gasteiger partial charge on any atom is -0.497 e. The monoisotopic (exact) mass is 455 g/mol. The molecular formula is C27H29N5O2. The summed E-state index contributed by atoms with van der Waals surface area (Å²) in [5, 5.41) is 4.37. The number of carbonyl (C=O) groups excluding carboxylic acids is 1. The van der Waals surface area contributed by atoms with Gasteiger partial charge in [0.05, 0.1) is 18.7 Å². The Hall–Kier alpha value is -3.87. The van der Waals surface area contributed by atoms with E-state index in [1.165, 1.54) is 10.9 Å². The van der Waals surface area contributed by atoms with Crippen LogP contribution in [0.3, 0.4) is 0 Å². The number of rotatable bonds is 7. The number of fused-ring (bicyclic) bond motifs is 1. The van der Waals surface area contributed by atoms with Crippen LogP contribution in [0.15, 0.2) is 67.1 Å². The Labute approximate surface area is 199 Å². The lowest BCUT2D eigenvalue weighted by atomic mass is 9.97. The normalized spacial score (nSPS) is 15.9. The van der Waals surface area contributed by atoms with Crippen LogP contribution in [-0.2, 0) is 11.2 Å². The van der Waals surface area contributed by atoms with E-state index < -0.39 is 0 Å². The Morgan fingerprint density at radius 3 is 2.88 bits per heavy atom. The number of carbonyl (C=O) groups is 1. The fourth-order valence-corrected chi connectivity index (χ4v) is 4.64. The zero-order chi connectivity index (χ0) is 23.3. The Balaban J connectivity index is 1.20. The average Bonchev–Trinajstić information content (AvgIpc) is 3.32. The highest BCUT2D eigenvalue weighted by atomic mass is 16.5. The molecule has 1 saturated heterocycles. The third kappa shape index (κ3) is 4.73. The summed E-state index contributed by atoms with van der Waals surface area (Å²) in [6.07, 6.45) is 6.30. The lowest BCUT2D eigenvalue weighted by Crippen LogP contribution is -2.43. The van der Waals surface area contributed by atoms with Crippen LogP contribution in [0.5, 0.6) is 5.75 Å². The number of hydrogen-bond acceptors (Lipinski definition) is 5. The molecule has 0 spiro atoms. The summed E-state index contributed by atoms with van der Waals surface area (Å²) in [7, 11) is 1.66. The summed E-state index contributed by atoms with van der Waals surface area (Å²) in [4.78, 5) is 27.4. The van der Waals surface area contributed by atoms with Gasteiger partial charge in [0.2, 0.25) is 5.91 Å². The Morgan fingerprint density at radius 1 is 1.18 bits per heavy atom. The molecule has 1 atom stereocenters. The highest BCUT2D eigenvalue weighted by molar-refractivity contribution is 5.83. The minimum absolute atomic E-state index is 0.0453. The largest absolute Gasteiger partial charge is 0.497 e. The fraction of sp³-hybridized carbons (Fsp3) is 0.296. The second-order valence-electron chi connectivity index (χ2n) is 8.68. The summed E-state index contributed by atoms with van der Waals surface area (Å²) < 4.78 is 5.25. The van der Waals surface area contributed by atoms with Crippen molar-refractivity contribution in [1.29, 1.82) is 0 Å². The maximum absolute atomic E-state index is 12.9. The Bertz CT molecular complexity index is 1270. The molecule has 1 fully saturated rings. The fourth-order valence-electron chi connectivity index (χ4n) is 4.64. The van der Waals surface area contributed by atoms with Gasteiger partial charge >= 0.3 is 0 Å². The van der Waals surface area contributed by atoms with Crippen molar-refractivity contribution in [2.75, 3.05) is 31.6 Å². The van der Waals surface area contributed by atoms with Gasteiger partial charge in [-0.05, 0) is 55.2 Å². The highest BCUT2D eigenvalue weighted by Crippen LogP contribution is 2.26. The standard InChI is InChI=1S/C27H29N5O2/c1-34-22-10-8-19(9-11-22)25-15-26(31-18-30-25)32-14-4-5-21(17-32)27(33)28-13-12-20-16-29-24-7-3-2-6-23(20)24/h2-3,6-11,15-16,18,21,29H,4-5,12-14,17H2,1H3,(H,28,33)/t21-/m0/s1. The Morgan fingerprint density at radius 2 is 2.03 bits per heavy atom. The van der Waals surface area contributed by atoms with Crippen molar-refractivity contribution in [3.05, 3.63) is 72.7 Å². The molecule has 7 heteroatoms. The molecule has 0 bridgehead atoms. The topological polar surface area (TPSA) is 83.1 Å². The first-order chi connectivity index (χ1) is 16.7. The van der Waals surface area contributed by atoms with Gasteiger partial charge < -0.3 is 19.9 Å².